The largest absolute Gasteiger partial charge is 0.467 e. The van der Waals surface area contributed by atoms with E-state index in [1.165, 1.54) is 0 Å². The fourth-order valence-electron chi connectivity index (χ4n) is 4.16. The first-order chi connectivity index (χ1) is 12.8. The van der Waals surface area contributed by atoms with Crippen LogP contribution in [0, 0.1) is 19.8 Å². The van der Waals surface area contributed by atoms with Gasteiger partial charge in [-0.25, -0.2) is 14.1 Å². The number of halogens is 1. The molecule has 2 amide bonds. The molecule has 2 fully saturated rings. The van der Waals surface area contributed by atoms with Crippen LogP contribution in [-0.2, 0) is 24.5 Å². The smallest absolute Gasteiger partial charge is 0.346 e. The summed E-state index contributed by atoms with van der Waals surface area (Å²) in [6, 6.07) is 13.4. The van der Waals surface area contributed by atoms with Crippen molar-refractivity contribution in [2.24, 2.45) is 5.92 Å². The van der Waals surface area contributed by atoms with E-state index in [9.17, 15) is 14.4 Å². The van der Waals surface area contributed by atoms with Gasteiger partial charge in [-0.1, -0.05) is 47.5 Å². The summed E-state index contributed by atoms with van der Waals surface area (Å²) >= 11 is 0. The first-order valence-corrected chi connectivity index (χ1v) is 8.59. The Labute approximate surface area is 155 Å². The van der Waals surface area contributed by atoms with Crippen molar-refractivity contribution in [1.82, 2.24) is 0 Å². The molecule has 1 saturated heterocycles. The molecule has 27 heavy (non-hydrogen) atoms. The molecule has 2 aromatic carbocycles. The molecule has 2 aliphatic rings. The quantitative estimate of drug-likeness (QED) is 0.618. The molecule has 4 rings (SSSR count). The van der Waals surface area contributed by atoms with Crippen molar-refractivity contribution in [3.63, 3.8) is 0 Å². The SMILES string of the molecule is COC(=O)C1(F)C2C(=O)N(c3ccc(C)cc3)C(=O)C21c1ccc(C)cc1. The number of carbonyl (C=O) groups excluding carboxylic acids is 3. The van der Waals surface area contributed by atoms with Gasteiger partial charge in [-0.2, -0.15) is 0 Å². The number of rotatable bonds is 3. The first-order valence-electron chi connectivity index (χ1n) is 8.59. The highest BCUT2D eigenvalue weighted by molar-refractivity contribution is 6.34. The van der Waals surface area contributed by atoms with Gasteiger partial charge in [0.25, 0.3) is 0 Å². The summed E-state index contributed by atoms with van der Waals surface area (Å²) in [7, 11) is 1.05. The number of benzene rings is 2. The molecule has 0 radical (unpaired) electrons. The van der Waals surface area contributed by atoms with Crippen LogP contribution in [0.15, 0.2) is 48.5 Å². The van der Waals surface area contributed by atoms with Crippen LogP contribution in [-0.4, -0.2) is 30.6 Å². The molecular weight excluding hydrogens is 349 g/mol. The van der Waals surface area contributed by atoms with Gasteiger partial charge in [-0.05, 0) is 31.5 Å². The van der Waals surface area contributed by atoms with Crippen LogP contribution in [0.3, 0.4) is 0 Å². The Kier molecular flexibility index (Phi) is 3.54. The standard InChI is InChI=1S/C21H18FNO4/c1-12-4-8-14(9-5-12)20-16(21(20,22)19(26)27-3)17(24)23(18(20)25)15-10-6-13(2)7-11-15/h4-11,16H,1-3H3. The van der Waals surface area contributed by atoms with Crippen molar-refractivity contribution in [3.8, 4) is 0 Å². The van der Waals surface area contributed by atoms with E-state index >= 15 is 4.39 Å². The second-order valence-corrected chi connectivity index (χ2v) is 7.12. The van der Waals surface area contributed by atoms with Gasteiger partial charge in [0.1, 0.15) is 11.3 Å². The van der Waals surface area contributed by atoms with Crippen molar-refractivity contribution in [3.05, 3.63) is 65.2 Å². The second-order valence-electron chi connectivity index (χ2n) is 7.12. The third-order valence-corrected chi connectivity index (χ3v) is 5.61. The average Bonchev–Trinajstić information content (AvgIpc) is 3.15. The van der Waals surface area contributed by atoms with E-state index in [0.29, 0.717) is 11.3 Å². The molecule has 0 aromatic heterocycles. The van der Waals surface area contributed by atoms with Crippen LogP contribution in [0.1, 0.15) is 16.7 Å². The molecule has 1 aliphatic heterocycles. The number of fused-ring (bicyclic) bond motifs is 1. The zero-order valence-electron chi connectivity index (χ0n) is 15.2. The molecule has 3 atom stereocenters. The number of piperidine rings is 1. The number of amides is 2. The Bertz CT molecular complexity index is 969. The molecule has 138 valence electrons. The van der Waals surface area contributed by atoms with Crippen molar-refractivity contribution in [2.45, 2.75) is 24.9 Å². The number of methoxy groups -OCH3 is 1. The predicted octanol–water partition coefficient (Wildman–Crippen LogP) is 2.63. The Morgan fingerprint density at radius 2 is 1.52 bits per heavy atom. The summed E-state index contributed by atoms with van der Waals surface area (Å²) in [5.74, 6) is -4.08. The minimum Gasteiger partial charge on any atom is -0.467 e. The molecule has 1 aliphatic carbocycles. The third kappa shape index (κ3) is 1.95. The third-order valence-electron chi connectivity index (χ3n) is 5.61. The van der Waals surface area contributed by atoms with Gasteiger partial charge in [-0.3, -0.25) is 9.59 Å². The number of carbonyl (C=O) groups is 3. The van der Waals surface area contributed by atoms with E-state index in [-0.39, 0.29) is 0 Å². The molecule has 2 aromatic rings. The number of anilines is 1. The maximum Gasteiger partial charge on any atom is 0.346 e. The number of alkyl halides is 1. The maximum absolute atomic E-state index is 15.8. The molecular formula is C21H18FNO4. The van der Waals surface area contributed by atoms with Crippen molar-refractivity contribution < 1.29 is 23.5 Å². The van der Waals surface area contributed by atoms with Crippen LogP contribution >= 0.6 is 0 Å². The minimum atomic E-state index is -2.69. The van der Waals surface area contributed by atoms with Crippen molar-refractivity contribution in [1.29, 1.82) is 0 Å². The average molecular weight is 367 g/mol. The lowest BCUT2D eigenvalue weighted by molar-refractivity contribution is -0.152. The van der Waals surface area contributed by atoms with Gasteiger partial charge >= 0.3 is 5.97 Å². The van der Waals surface area contributed by atoms with E-state index in [4.69, 9.17) is 0 Å². The van der Waals surface area contributed by atoms with Crippen LogP contribution in [0.5, 0.6) is 0 Å². The van der Waals surface area contributed by atoms with Crippen LogP contribution < -0.4 is 4.90 Å². The predicted molar refractivity (Wildman–Crippen MR) is 95.9 cm³/mol. The summed E-state index contributed by atoms with van der Waals surface area (Å²) in [5, 5.41) is 0. The molecule has 1 heterocycles. The lowest BCUT2D eigenvalue weighted by Gasteiger charge is -2.24. The van der Waals surface area contributed by atoms with Crippen molar-refractivity contribution >= 4 is 23.5 Å². The van der Waals surface area contributed by atoms with Crippen molar-refractivity contribution in [2.75, 3.05) is 12.0 Å². The van der Waals surface area contributed by atoms with Gasteiger partial charge in [-0.15, -0.1) is 0 Å². The summed E-state index contributed by atoms with van der Waals surface area (Å²) in [4.78, 5) is 39.5. The van der Waals surface area contributed by atoms with E-state index in [1.807, 2.05) is 13.8 Å². The Balaban J connectivity index is 1.87. The summed E-state index contributed by atoms with van der Waals surface area (Å²) in [5.41, 5.74) is -2.02. The molecule has 5 nitrogen and oxygen atoms in total. The van der Waals surface area contributed by atoms with Gasteiger partial charge < -0.3 is 4.74 Å². The number of hydrogen-bond acceptors (Lipinski definition) is 4. The fraction of sp³-hybridized carbons (Fsp3) is 0.286. The van der Waals surface area contributed by atoms with Crippen LogP contribution in [0.25, 0.3) is 0 Å². The van der Waals surface area contributed by atoms with Gasteiger partial charge in [0.05, 0.1) is 12.8 Å². The highest BCUT2D eigenvalue weighted by Crippen LogP contribution is 2.71. The molecule has 1 saturated carbocycles. The van der Waals surface area contributed by atoms with Gasteiger partial charge in [0.2, 0.25) is 17.5 Å². The van der Waals surface area contributed by atoms with E-state index < -0.39 is 34.8 Å². The summed E-state index contributed by atoms with van der Waals surface area (Å²) in [6.45, 7) is 3.74. The van der Waals surface area contributed by atoms with E-state index in [0.717, 1.165) is 23.1 Å². The fourth-order valence-corrected chi connectivity index (χ4v) is 4.16. The number of ether oxygens (including phenoxy) is 1. The molecule has 0 N–H and O–H groups in total. The Morgan fingerprint density at radius 3 is 2.04 bits per heavy atom. The monoisotopic (exact) mass is 367 g/mol. The number of hydrogen-bond donors (Lipinski definition) is 0. The second kappa shape index (κ2) is 5.49. The highest BCUT2D eigenvalue weighted by atomic mass is 19.1. The molecule has 6 heteroatoms. The maximum atomic E-state index is 15.8. The first kappa shape index (κ1) is 17.4. The zero-order chi connectivity index (χ0) is 19.6. The summed E-state index contributed by atoms with van der Waals surface area (Å²) in [6.07, 6.45) is 0. The number of esters is 1. The van der Waals surface area contributed by atoms with Crippen LogP contribution in [0.4, 0.5) is 10.1 Å². The lowest BCUT2D eigenvalue weighted by atomic mass is 9.90. The molecule has 3 unspecified atom stereocenters. The number of imide groups is 1. The minimum absolute atomic E-state index is 0.305. The van der Waals surface area contributed by atoms with Gasteiger partial charge in [0, 0.05) is 0 Å². The highest BCUT2D eigenvalue weighted by Gasteiger charge is 2.94. The number of aryl methyl sites for hydroxylation is 2. The normalized spacial score (nSPS) is 28.9. The van der Waals surface area contributed by atoms with E-state index in [2.05, 4.69) is 4.74 Å². The Hall–Kier alpha value is -3.02. The Morgan fingerprint density at radius 1 is 1.00 bits per heavy atom. The lowest BCUT2D eigenvalue weighted by Crippen LogP contribution is -2.46. The van der Waals surface area contributed by atoms with Crippen LogP contribution in [0.2, 0.25) is 0 Å². The zero-order valence-corrected chi connectivity index (χ0v) is 15.2. The number of nitrogens with zero attached hydrogens (tertiary/aromatic N) is 1. The summed E-state index contributed by atoms with van der Waals surface area (Å²) < 4.78 is 20.4. The topological polar surface area (TPSA) is 63.7 Å². The van der Waals surface area contributed by atoms with E-state index in [1.54, 1.807) is 48.5 Å². The molecule has 0 bridgehead atoms. The molecule has 0 spiro atoms. The van der Waals surface area contributed by atoms with Gasteiger partial charge in [0.15, 0.2) is 0 Å².